The van der Waals surface area contributed by atoms with E-state index in [2.05, 4.69) is 12.2 Å². The summed E-state index contributed by atoms with van der Waals surface area (Å²) in [7, 11) is 0. The fraction of sp³-hybridized carbons (Fsp3) is 0.923. The van der Waals surface area contributed by atoms with Crippen molar-refractivity contribution in [2.75, 3.05) is 12.4 Å². The van der Waals surface area contributed by atoms with Crippen molar-refractivity contribution >= 4 is 17.5 Å². The zero-order valence-electron chi connectivity index (χ0n) is 10.9. The second-order valence-corrected chi connectivity index (χ2v) is 5.31. The van der Waals surface area contributed by atoms with Gasteiger partial charge in [-0.15, -0.1) is 11.6 Å². The molecule has 3 heteroatoms. The molecule has 0 radical (unpaired) electrons. The summed E-state index contributed by atoms with van der Waals surface area (Å²) in [6, 6.07) is 0. The van der Waals surface area contributed by atoms with E-state index in [0.29, 0.717) is 5.88 Å². The highest BCUT2D eigenvalue weighted by Gasteiger charge is 2.25. The van der Waals surface area contributed by atoms with Gasteiger partial charge in [0.05, 0.1) is 5.41 Å². The largest absolute Gasteiger partial charge is 0.356 e. The fourth-order valence-corrected chi connectivity index (χ4v) is 1.53. The number of hydrogen-bond donors (Lipinski definition) is 1. The maximum Gasteiger partial charge on any atom is 0.226 e. The second kappa shape index (κ2) is 8.86. The Morgan fingerprint density at radius 3 is 2.25 bits per heavy atom. The molecule has 0 bridgehead atoms. The average molecular weight is 248 g/mol. The molecule has 0 aromatic heterocycles. The van der Waals surface area contributed by atoms with Crippen molar-refractivity contribution in [1.82, 2.24) is 5.32 Å². The van der Waals surface area contributed by atoms with E-state index in [4.69, 9.17) is 11.6 Å². The molecule has 16 heavy (non-hydrogen) atoms. The summed E-state index contributed by atoms with van der Waals surface area (Å²) < 4.78 is 0. The quantitative estimate of drug-likeness (QED) is 0.488. The van der Waals surface area contributed by atoms with Crippen LogP contribution in [0.3, 0.4) is 0 Å². The molecule has 1 amide bonds. The third kappa shape index (κ3) is 7.10. The van der Waals surface area contributed by atoms with Crippen LogP contribution in [0.2, 0.25) is 0 Å². The molecule has 2 nitrogen and oxygen atoms in total. The van der Waals surface area contributed by atoms with Gasteiger partial charge in [0.25, 0.3) is 0 Å². The predicted molar refractivity (Wildman–Crippen MR) is 70.9 cm³/mol. The zero-order valence-corrected chi connectivity index (χ0v) is 11.7. The summed E-state index contributed by atoms with van der Waals surface area (Å²) in [5, 5.41) is 2.94. The lowest BCUT2D eigenvalue weighted by atomic mass is 9.95. The first-order valence-corrected chi connectivity index (χ1v) is 6.92. The Hall–Kier alpha value is -0.240. The highest BCUT2D eigenvalue weighted by Crippen LogP contribution is 2.16. The van der Waals surface area contributed by atoms with E-state index in [0.717, 1.165) is 13.0 Å². The van der Waals surface area contributed by atoms with Gasteiger partial charge in [0.1, 0.15) is 0 Å². The smallest absolute Gasteiger partial charge is 0.226 e. The monoisotopic (exact) mass is 247 g/mol. The number of rotatable bonds is 9. The number of nitrogens with one attached hydrogen (secondary N) is 1. The number of alkyl halides is 1. The molecule has 1 N–H and O–H groups in total. The van der Waals surface area contributed by atoms with Crippen LogP contribution >= 0.6 is 11.6 Å². The van der Waals surface area contributed by atoms with E-state index < -0.39 is 5.41 Å². The molecule has 0 aromatic carbocycles. The Morgan fingerprint density at radius 1 is 1.12 bits per heavy atom. The van der Waals surface area contributed by atoms with Crippen molar-refractivity contribution in [3.8, 4) is 0 Å². The number of amides is 1. The maximum absolute atomic E-state index is 11.6. The van der Waals surface area contributed by atoms with Gasteiger partial charge >= 0.3 is 0 Å². The number of unbranched alkanes of at least 4 members (excludes halogenated alkanes) is 5. The molecule has 0 aliphatic rings. The molecule has 0 aliphatic carbocycles. The van der Waals surface area contributed by atoms with Gasteiger partial charge in [-0.2, -0.15) is 0 Å². The van der Waals surface area contributed by atoms with E-state index in [1.165, 1.54) is 32.1 Å². The Balaban J connectivity index is 3.42. The van der Waals surface area contributed by atoms with Crippen LogP contribution in [0.25, 0.3) is 0 Å². The molecule has 0 atom stereocenters. The minimum absolute atomic E-state index is 0.0658. The standard InChI is InChI=1S/C13H26ClNO/c1-4-5-6-7-8-9-10-15-12(16)13(2,3)11-14/h4-11H2,1-3H3,(H,15,16). The summed E-state index contributed by atoms with van der Waals surface area (Å²) in [6.45, 7) is 6.74. The van der Waals surface area contributed by atoms with Gasteiger partial charge in [-0.3, -0.25) is 4.79 Å². The van der Waals surface area contributed by atoms with E-state index in [-0.39, 0.29) is 5.91 Å². The molecule has 0 spiro atoms. The summed E-state index contributed by atoms with van der Waals surface area (Å²) >= 11 is 5.72. The van der Waals surface area contributed by atoms with Gasteiger partial charge < -0.3 is 5.32 Å². The number of hydrogen-bond acceptors (Lipinski definition) is 1. The summed E-state index contributed by atoms with van der Waals surface area (Å²) in [5.41, 5.74) is -0.441. The molecule has 96 valence electrons. The average Bonchev–Trinajstić information content (AvgIpc) is 2.27. The van der Waals surface area contributed by atoms with Gasteiger partial charge in [-0.1, -0.05) is 39.0 Å². The molecule has 0 heterocycles. The van der Waals surface area contributed by atoms with Crippen LogP contribution in [0, 0.1) is 5.41 Å². The topological polar surface area (TPSA) is 29.1 Å². The van der Waals surface area contributed by atoms with Crippen LogP contribution in [-0.2, 0) is 4.79 Å². The van der Waals surface area contributed by atoms with Gasteiger partial charge in [-0.25, -0.2) is 0 Å². The van der Waals surface area contributed by atoms with E-state index in [1.54, 1.807) is 0 Å². The van der Waals surface area contributed by atoms with E-state index in [1.807, 2.05) is 13.8 Å². The predicted octanol–water partition coefficient (Wildman–Crippen LogP) is 3.73. The summed E-state index contributed by atoms with van der Waals surface area (Å²) in [5.74, 6) is 0.436. The molecule has 0 aliphatic heterocycles. The molecular formula is C13H26ClNO. The van der Waals surface area contributed by atoms with Crippen molar-refractivity contribution in [3.63, 3.8) is 0 Å². The normalized spacial score (nSPS) is 11.5. The molecule has 0 aromatic rings. The van der Waals surface area contributed by atoms with E-state index in [9.17, 15) is 4.79 Å². The van der Waals surface area contributed by atoms with Crippen LogP contribution in [0.5, 0.6) is 0 Å². The van der Waals surface area contributed by atoms with Crippen molar-refractivity contribution in [2.24, 2.45) is 5.41 Å². The number of halogens is 1. The Bertz CT molecular complexity index is 192. The fourth-order valence-electron chi connectivity index (χ4n) is 1.41. The van der Waals surface area contributed by atoms with Crippen molar-refractivity contribution in [1.29, 1.82) is 0 Å². The van der Waals surface area contributed by atoms with Crippen LogP contribution in [0.15, 0.2) is 0 Å². The molecule has 0 saturated heterocycles. The van der Waals surface area contributed by atoms with Crippen LogP contribution in [0.1, 0.15) is 59.3 Å². The van der Waals surface area contributed by atoms with Crippen molar-refractivity contribution in [3.05, 3.63) is 0 Å². The lowest BCUT2D eigenvalue weighted by Gasteiger charge is -2.20. The highest BCUT2D eigenvalue weighted by molar-refractivity contribution is 6.19. The van der Waals surface area contributed by atoms with Gasteiger partial charge in [0.15, 0.2) is 0 Å². The lowest BCUT2D eigenvalue weighted by Crippen LogP contribution is -2.38. The summed E-state index contributed by atoms with van der Waals surface area (Å²) in [4.78, 5) is 11.6. The zero-order chi connectivity index (χ0) is 12.4. The Kier molecular flexibility index (Phi) is 8.73. The van der Waals surface area contributed by atoms with Crippen LogP contribution in [-0.4, -0.2) is 18.3 Å². The number of carbonyl (C=O) groups is 1. The third-order valence-electron chi connectivity index (χ3n) is 2.76. The van der Waals surface area contributed by atoms with Gasteiger partial charge in [0, 0.05) is 12.4 Å². The van der Waals surface area contributed by atoms with Crippen LogP contribution in [0.4, 0.5) is 0 Å². The minimum Gasteiger partial charge on any atom is -0.356 e. The van der Waals surface area contributed by atoms with E-state index >= 15 is 0 Å². The highest BCUT2D eigenvalue weighted by atomic mass is 35.5. The van der Waals surface area contributed by atoms with Crippen LogP contribution < -0.4 is 5.32 Å². The number of carbonyl (C=O) groups excluding carboxylic acids is 1. The first kappa shape index (κ1) is 15.8. The Labute approximate surface area is 105 Å². The molecule has 0 fully saturated rings. The van der Waals surface area contributed by atoms with Crippen molar-refractivity contribution < 1.29 is 4.79 Å². The lowest BCUT2D eigenvalue weighted by molar-refractivity contribution is -0.128. The maximum atomic E-state index is 11.6. The molecule has 0 rings (SSSR count). The Morgan fingerprint density at radius 2 is 1.69 bits per heavy atom. The third-order valence-corrected chi connectivity index (χ3v) is 3.43. The van der Waals surface area contributed by atoms with Gasteiger partial charge in [-0.05, 0) is 20.3 Å². The molecular weight excluding hydrogens is 222 g/mol. The SMILES string of the molecule is CCCCCCCCNC(=O)C(C)(C)CCl. The molecule has 0 saturated carbocycles. The second-order valence-electron chi connectivity index (χ2n) is 5.04. The van der Waals surface area contributed by atoms with Gasteiger partial charge in [0.2, 0.25) is 5.91 Å². The van der Waals surface area contributed by atoms with Crippen molar-refractivity contribution in [2.45, 2.75) is 59.3 Å². The minimum atomic E-state index is -0.441. The first-order chi connectivity index (χ1) is 7.54. The summed E-state index contributed by atoms with van der Waals surface area (Å²) in [6.07, 6.45) is 7.49. The first-order valence-electron chi connectivity index (χ1n) is 6.39. The molecule has 0 unspecified atom stereocenters.